The van der Waals surface area contributed by atoms with Gasteiger partial charge in [0.2, 0.25) is 0 Å². The first kappa shape index (κ1) is 37.8. The number of hydrogen-bond donors (Lipinski definition) is 3. The van der Waals surface area contributed by atoms with Crippen LogP contribution in [0.3, 0.4) is 0 Å². The first-order chi connectivity index (χ1) is 27.3. The highest BCUT2D eigenvalue weighted by Gasteiger charge is 2.19. The molecule has 8 nitrogen and oxygen atoms in total. The van der Waals surface area contributed by atoms with Crippen LogP contribution in [0.1, 0.15) is 60.0 Å². The van der Waals surface area contributed by atoms with Gasteiger partial charge in [-0.15, -0.1) is 0 Å². The first-order valence-corrected chi connectivity index (χ1v) is 19.6. The van der Waals surface area contributed by atoms with Crippen LogP contribution in [0.15, 0.2) is 96.6 Å². The number of H-pyrrole nitrogens is 2. The van der Waals surface area contributed by atoms with E-state index in [0.717, 1.165) is 112 Å². The van der Waals surface area contributed by atoms with Gasteiger partial charge in [0.1, 0.15) is 19.5 Å². The lowest BCUT2D eigenvalue weighted by molar-refractivity contribution is -0.671. The van der Waals surface area contributed by atoms with Crippen molar-refractivity contribution in [2.75, 3.05) is 7.05 Å². The number of thiocyanates is 1. The van der Waals surface area contributed by atoms with E-state index in [1.165, 1.54) is 0 Å². The Morgan fingerprint density at radius 2 is 1.34 bits per heavy atom. The van der Waals surface area contributed by atoms with Gasteiger partial charge < -0.3 is 15.3 Å². The summed E-state index contributed by atoms with van der Waals surface area (Å²) in [5.41, 5.74) is 13.7. The molecule has 7 rings (SSSR count). The van der Waals surface area contributed by atoms with E-state index in [2.05, 4.69) is 151 Å². The maximum absolute atomic E-state index is 9.37. The van der Waals surface area contributed by atoms with E-state index in [0.29, 0.717) is 6.42 Å². The highest BCUT2D eigenvalue weighted by molar-refractivity contribution is 8.03. The molecule has 3 aliphatic rings. The normalized spacial score (nSPS) is 12.7. The zero-order valence-electron chi connectivity index (χ0n) is 32.7. The Morgan fingerprint density at radius 1 is 0.786 bits per heavy atom. The first-order valence-electron chi connectivity index (χ1n) is 18.8. The number of thioether (sulfide) groups is 1. The molecule has 0 atom stereocenters. The fourth-order valence-corrected chi connectivity index (χ4v) is 7.64. The molecule has 0 fully saturated rings. The van der Waals surface area contributed by atoms with Gasteiger partial charge >= 0.3 is 0 Å². The third-order valence-electron chi connectivity index (χ3n) is 10.00. The Labute approximate surface area is 332 Å². The molecule has 0 saturated carbocycles. The molecule has 3 N–H and O–H groups in total. The molecule has 0 amide bonds. The topological polar surface area (TPSA) is 101 Å². The molecule has 9 heteroatoms. The number of nitriles is 1. The molecule has 6 bridgehead atoms. The van der Waals surface area contributed by atoms with Crippen molar-refractivity contribution >= 4 is 53.8 Å². The van der Waals surface area contributed by atoms with Crippen molar-refractivity contribution in [3.63, 3.8) is 0 Å². The van der Waals surface area contributed by atoms with Crippen molar-refractivity contribution in [2.24, 2.45) is 14.1 Å². The molecule has 6 heterocycles. The third-order valence-corrected chi connectivity index (χ3v) is 10.6. The second-order valence-corrected chi connectivity index (χ2v) is 14.6. The van der Waals surface area contributed by atoms with Crippen LogP contribution in [0.25, 0.3) is 75.4 Å². The average molecular weight is 755 g/mol. The van der Waals surface area contributed by atoms with Gasteiger partial charge in [-0.2, -0.15) is 5.26 Å². The lowest BCUT2D eigenvalue weighted by Crippen LogP contribution is -2.26. The van der Waals surface area contributed by atoms with E-state index in [4.69, 9.17) is 9.97 Å². The zero-order valence-corrected chi connectivity index (χ0v) is 33.5. The van der Waals surface area contributed by atoms with Gasteiger partial charge in [0.15, 0.2) is 24.8 Å². The van der Waals surface area contributed by atoms with Crippen LogP contribution >= 0.6 is 11.8 Å². The Bertz CT molecular complexity index is 2680. The van der Waals surface area contributed by atoms with Gasteiger partial charge in [-0.3, -0.25) is 0 Å². The van der Waals surface area contributed by atoms with Gasteiger partial charge in [0, 0.05) is 80.5 Å². The predicted octanol–water partition coefficient (Wildman–Crippen LogP) is 7.67. The lowest BCUT2D eigenvalue weighted by atomic mass is 10.0. The van der Waals surface area contributed by atoms with Crippen LogP contribution in [0, 0.1) is 17.6 Å². The number of benzene rings is 1. The number of aromatic amines is 2. The lowest BCUT2D eigenvalue weighted by Gasteiger charge is -2.12. The Balaban J connectivity index is 1.71. The number of rotatable bonds is 8. The molecule has 278 valence electrons. The third kappa shape index (κ3) is 7.83. The average Bonchev–Trinajstić information content (AvgIpc) is 3.89. The second kappa shape index (κ2) is 16.9. The minimum absolute atomic E-state index is 0.711. The maximum atomic E-state index is 9.37. The molecule has 4 aromatic rings. The molecule has 56 heavy (non-hydrogen) atoms. The molecule has 0 spiro atoms. The Kier molecular flexibility index (Phi) is 11.4. The Morgan fingerprint density at radius 3 is 1.95 bits per heavy atom. The predicted molar refractivity (Wildman–Crippen MR) is 230 cm³/mol. The van der Waals surface area contributed by atoms with Gasteiger partial charge in [-0.25, -0.2) is 19.1 Å². The molecule has 0 unspecified atom stereocenters. The van der Waals surface area contributed by atoms with Crippen LogP contribution in [0.2, 0.25) is 0 Å². The summed E-state index contributed by atoms with van der Waals surface area (Å²) in [7, 11) is 5.97. The van der Waals surface area contributed by atoms with Crippen molar-refractivity contribution in [3.05, 3.63) is 142 Å². The summed E-state index contributed by atoms with van der Waals surface area (Å²) < 4.78 is 4.09. The number of allylic oxidation sites excluding steroid dienone is 3. The summed E-state index contributed by atoms with van der Waals surface area (Å²) in [5.74, 6) is 0. The highest BCUT2D eigenvalue weighted by atomic mass is 32.2. The van der Waals surface area contributed by atoms with E-state index in [9.17, 15) is 5.26 Å². The number of hydrogen-bond acceptors (Lipinski definition) is 5. The number of pyridine rings is 2. The van der Waals surface area contributed by atoms with Crippen LogP contribution < -0.4 is 25.1 Å². The summed E-state index contributed by atoms with van der Waals surface area (Å²) in [4.78, 5) is 19.5. The van der Waals surface area contributed by atoms with Gasteiger partial charge in [0.05, 0.1) is 22.8 Å². The monoisotopic (exact) mass is 754 g/mol. The SMILES string of the molecule is C/C=C(\C=C/NC)c1c2nc(c(-c3cc[n+](C)cc3)c(C)[nH]c(CC)c(-c3cc[n+](C)cc3)c3nc(c(-c4ccc(SC#N)cc4)c4[nH]c1=CCC=4)C=C3)C=C2. The van der Waals surface area contributed by atoms with Gasteiger partial charge in [-0.05, 0) is 109 Å². The van der Waals surface area contributed by atoms with Crippen LogP contribution in [-0.4, -0.2) is 27.0 Å². The van der Waals surface area contributed by atoms with Crippen molar-refractivity contribution in [3.8, 4) is 38.8 Å². The van der Waals surface area contributed by atoms with Gasteiger partial charge in [-0.1, -0.05) is 37.3 Å². The van der Waals surface area contributed by atoms with E-state index >= 15 is 0 Å². The molecule has 3 aromatic heterocycles. The van der Waals surface area contributed by atoms with E-state index in [-0.39, 0.29) is 0 Å². The molecule has 3 aliphatic heterocycles. The van der Waals surface area contributed by atoms with E-state index in [1.807, 2.05) is 48.6 Å². The fraction of sp³-hybridized carbons (Fsp3) is 0.170. The number of nitrogens with one attached hydrogen (secondary N) is 3. The van der Waals surface area contributed by atoms with E-state index in [1.54, 1.807) is 0 Å². The summed E-state index contributed by atoms with van der Waals surface area (Å²) in [6.07, 6.45) is 28.9. The van der Waals surface area contributed by atoms with Crippen molar-refractivity contribution in [1.82, 2.24) is 25.3 Å². The maximum Gasteiger partial charge on any atom is 0.169 e. The van der Waals surface area contributed by atoms with Crippen LogP contribution in [0.4, 0.5) is 0 Å². The minimum Gasteiger partial charge on any atom is -0.394 e. The quantitative estimate of drug-likeness (QED) is 0.0642. The summed E-state index contributed by atoms with van der Waals surface area (Å²) in [6, 6.07) is 16.8. The van der Waals surface area contributed by atoms with Gasteiger partial charge in [0.25, 0.3) is 0 Å². The standard InChI is InChI=1S/C47H45N8S/c1-7-32(20-25-49-4)45-38-10-9-11-39(51-38)47(33-12-14-36(15-13-33)56-30-48)43-19-18-42(53-43)46(35-23-28-55(6)29-24-35)37(8-2)50-31(3)44(40-16-17-41(45)52-40)34-21-26-54(5)27-22-34/h7,10-29,49,51H,8-9H2,1-6H3/q+1/p+1/b25-20-,32-7+,45-41?,47-43?. The highest BCUT2D eigenvalue weighted by Crippen LogP contribution is 2.33. The summed E-state index contributed by atoms with van der Waals surface area (Å²) >= 11 is 1.16. The molecular formula is C47H46N8S+2. The molecular weight excluding hydrogens is 709 g/mol. The molecule has 0 saturated heterocycles. The largest absolute Gasteiger partial charge is 0.394 e. The summed E-state index contributed by atoms with van der Waals surface area (Å²) in [5, 5.41) is 16.7. The van der Waals surface area contributed by atoms with Crippen molar-refractivity contribution < 1.29 is 9.13 Å². The fourth-order valence-electron chi connectivity index (χ4n) is 7.26. The molecule has 0 aliphatic carbocycles. The number of aryl methyl sites for hydroxylation is 4. The van der Waals surface area contributed by atoms with Crippen molar-refractivity contribution in [2.45, 2.75) is 38.5 Å². The smallest absolute Gasteiger partial charge is 0.169 e. The minimum atomic E-state index is 0.711. The number of aromatic nitrogens is 6. The number of fused-ring (bicyclic) bond motifs is 6. The summed E-state index contributed by atoms with van der Waals surface area (Å²) in [6.45, 7) is 6.39. The Hall–Kier alpha value is -6.50. The zero-order chi connectivity index (χ0) is 39.2. The second-order valence-electron chi connectivity index (χ2n) is 13.7. The molecule has 1 aromatic carbocycles. The molecule has 0 radical (unpaired) electrons. The van der Waals surface area contributed by atoms with E-state index < -0.39 is 0 Å². The van der Waals surface area contributed by atoms with Crippen LogP contribution in [-0.2, 0) is 20.5 Å². The van der Waals surface area contributed by atoms with Crippen LogP contribution in [0.5, 0.6) is 0 Å². The van der Waals surface area contributed by atoms with Crippen molar-refractivity contribution in [1.29, 1.82) is 5.26 Å². The number of nitrogens with zero attached hydrogens (tertiary/aromatic N) is 5.